The van der Waals surface area contributed by atoms with E-state index in [1.807, 2.05) is 0 Å². The highest BCUT2D eigenvalue weighted by atomic mass is 32.2. The number of hydrogen-bond acceptors (Lipinski definition) is 5. The first-order valence-electron chi connectivity index (χ1n) is 7.67. The second-order valence-electron chi connectivity index (χ2n) is 5.89. The summed E-state index contributed by atoms with van der Waals surface area (Å²) in [5, 5.41) is 9.02. The van der Waals surface area contributed by atoms with Crippen molar-refractivity contribution in [1.29, 1.82) is 0 Å². The third-order valence-corrected chi connectivity index (χ3v) is 5.37. The minimum Gasteiger partial charge on any atom is -0.481 e. The summed E-state index contributed by atoms with van der Waals surface area (Å²) in [7, 11) is -4.07. The first-order chi connectivity index (χ1) is 12.2. The number of pyridine rings is 1. The van der Waals surface area contributed by atoms with E-state index in [9.17, 15) is 22.0 Å². The van der Waals surface area contributed by atoms with E-state index in [1.54, 1.807) is 4.90 Å². The van der Waals surface area contributed by atoms with Gasteiger partial charge in [-0.3, -0.25) is 9.52 Å². The van der Waals surface area contributed by atoms with Gasteiger partial charge in [-0.2, -0.15) is 0 Å². The van der Waals surface area contributed by atoms with Crippen molar-refractivity contribution in [2.24, 2.45) is 5.92 Å². The molecule has 0 amide bonds. The van der Waals surface area contributed by atoms with Crippen molar-refractivity contribution in [3.05, 3.63) is 48.2 Å². The van der Waals surface area contributed by atoms with Gasteiger partial charge in [-0.05, 0) is 30.7 Å². The fraction of sp³-hybridized carbons (Fsp3) is 0.250. The number of aromatic nitrogens is 1. The summed E-state index contributed by atoms with van der Waals surface area (Å²) in [5.74, 6) is -2.70. The van der Waals surface area contributed by atoms with Gasteiger partial charge in [0.05, 0.1) is 11.6 Å². The molecule has 7 nitrogen and oxygen atoms in total. The predicted octanol–water partition coefficient (Wildman–Crippen LogP) is 2.07. The van der Waals surface area contributed by atoms with Gasteiger partial charge in [-0.25, -0.2) is 22.2 Å². The number of nitrogens with zero attached hydrogens (tertiary/aromatic N) is 2. The van der Waals surface area contributed by atoms with Crippen LogP contribution in [0.5, 0.6) is 0 Å². The molecular weight excluding hydrogens is 368 g/mol. The molecule has 1 fully saturated rings. The van der Waals surface area contributed by atoms with Crippen LogP contribution in [0.1, 0.15) is 6.42 Å². The first kappa shape index (κ1) is 18.1. The number of rotatable bonds is 5. The number of anilines is 2. The van der Waals surface area contributed by atoms with E-state index in [0.717, 1.165) is 18.3 Å². The minimum atomic E-state index is -4.07. The number of carboxylic acids is 1. The van der Waals surface area contributed by atoms with Crippen LogP contribution in [0.25, 0.3) is 0 Å². The molecule has 1 unspecified atom stereocenters. The SMILES string of the molecule is O=C(O)C1CCN(c2ccc(S(=O)(=O)Nc3cc(F)cc(F)c3)cn2)C1. The third kappa shape index (κ3) is 3.90. The van der Waals surface area contributed by atoms with Crippen LogP contribution in [0, 0.1) is 17.6 Å². The zero-order chi connectivity index (χ0) is 18.9. The fourth-order valence-electron chi connectivity index (χ4n) is 2.72. The Bertz CT molecular complexity index is 915. The number of sulfonamides is 1. The highest BCUT2D eigenvalue weighted by Gasteiger charge is 2.29. The second kappa shape index (κ2) is 6.87. The Balaban J connectivity index is 1.76. The molecule has 0 bridgehead atoms. The summed E-state index contributed by atoms with van der Waals surface area (Å²) in [4.78, 5) is 16.6. The van der Waals surface area contributed by atoms with Crippen LogP contribution >= 0.6 is 0 Å². The molecule has 2 N–H and O–H groups in total. The average Bonchev–Trinajstić information content (AvgIpc) is 3.04. The third-order valence-electron chi connectivity index (χ3n) is 4.01. The quantitative estimate of drug-likeness (QED) is 0.820. The van der Waals surface area contributed by atoms with Crippen molar-refractivity contribution < 1.29 is 27.1 Å². The lowest BCUT2D eigenvalue weighted by Crippen LogP contribution is -2.23. The Morgan fingerprint density at radius 1 is 1.23 bits per heavy atom. The van der Waals surface area contributed by atoms with Gasteiger partial charge in [-0.15, -0.1) is 0 Å². The van der Waals surface area contributed by atoms with Crippen molar-refractivity contribution in [2.45, 2.75) is 11.3 Å². The van der Waals surface area contributed by atoms with Crippen LogP contribution in [0.3, 0.4) is 0 Å². The largest absolute Gasteiger partial charge is 0.481 e. The molecule has 10 heteroatoms. The van der Waals surface area contributed by atoms with Crippen LogP contribution in [0.15, 0.2) is 41.4 Å². The van der Waals surface area contributed by atoms with Crippen LogP contribution in [0.4, 0.5) is 20.3 Å². The summed E-state index contributed by atoms with van der Waals surface area (Å²) in [6.07, 6.45) is 1.60. The Morgan fingerprint density at radius 2 is 1.92 bits per heavy atom. The number of aliphatic carboxylic acids is 1. The molecule has 2 aromatic rings. The fourth-order valence-corrected chi connectivity index (χ4v) is 3.70. The molecule has 0 spiro atoms. The first-order valence-corrected chi connectivity index (χ1v) is 9.15. The maximum absolute atomic E-state index is 13.2. The summed E-state index contributed by atoms with van der Waals surface area (Å²) in [6.45, 7) is 0.812. The van der Waals surface area contributed by atoms with Crippen LogP contribution in [0.2, 0.25) is 0 Å². The monoisotopic (exact) mass is 383 g/mol. The zero-order valence-electron chi connectivity index (χ0n) is 13.4. The predicted molar refractivity (Wildman–Crippen MR) is 89.4 cm³/mol. The van der Waals surface area contributed by atoms with Gasteiger partial charge < -0.3 is 10.0 Å². The van der Waals surface area contributed by atoms with E-state index in [4.69, 9.17) is 5.11 Å². The van der Waals surface area contributed by atoms with Gasteiger partial charge in [0, 0.05) is 25.4 Å². The van der Waals surface area contributed by atoms with E-state index in [-0.39, 0.29) is 10.6 Å². The van der Waals surface area contributed by atoms with E-state index >= 15 is 0 Å². The minimum absolute atomic E-state index is 0.181. The van der Waals surface area contributed by atoms with E-state index in [1.165, 1.54) is 12.1 Å². The van der Waals surface area contributed by atoms with E-state index in [0.29, 0.717) is 31.4 Å². The lowest BCUT2D eigenvalue weighted by atomic mass is 10.1. The van der Waals surface area contributed by atoms with Crippen LogP contribution in [-0.2, 0) is 14.8 Å². The summed E-state index contributed by atoms with van der Waals surface area (Å²) in [6, 6.07) is 5.12. The molecule has 0 radical (unpaired) electrons. The van der Waals surface area contributed by atoms with Crippen molar-refractivity contribution >= 4 is 27.5 Å². The normalized spacial score (nSPS) is 17.3. The van der Waals surface area contributed by atoms with Crippen molar-refractivity contribution in [2.75, 3.05) is 22.7 Å². The lowest BCUT2D eigenvalue weighted by molar-refractivity contribution is -0.140. The van der Waals surface area contributed by atoms with Crippen LogP contribution in [-0.4, -0.2) is 37.6 Å². The molecule has 138 valence electrons. The van der Waals surface area contributed by atoms with Gasteiger partial charge in [0.25, 0.3) is 10.0 Å². The number of halogens is 2. The number of hydrogen-bond donors (Lipinski definition) is 2. The van der Waals surface area contributed by atoms with Gasteiger partial charge in [0.15, 0.2) is 0 Å². The highest BCUT2D eigenvalue weighted by Crippen LogP contribution is 2.24. The smallest absolute Gasteiger partial charge is 0.308 e. The number of nitrogens with one attached hydrogen (secondary N) is 1. The molecule has 1 aromatic carbocycles. The summed E-state index contributed by atoms with van der Waals surface area (Å²) >= 11 is 0. The molecule has 1 aliphatic rings. The van der Waals surface area contributed by atoms with Gasteiger partial charge in [0.1, 0.15) is 22.3 Å². The molecule has 1 aliphatic heterocycles. The topological polar surface area (TPSA) is 99.6 Å². The molecule has 0 aliphatic carbocycles. The Hall–Kier alpha value is -2.75. The molecule has 2 heterocycles. The van der Waals surface area contributed by atoms with E-state index in [2.05, 4.69) is 9.71 Å². The molecule has 26 heavy (non-hydrogen) atoms. The van der Waals surface area contributed by atoms with Crippen molar-refractivity contribution in [3.8, 4) is 0 Å². The van der Waals surface area contributed by atoms with Crippen molar-refractivity contribution in [3.63, 3.8) is 0 Å². The standard InChI is InChI=1S/C16H15F2N3O4S/c17-11-5-12(18)7-13(6-11)20-26(24,25)14-1-2-15(19-8-14)21-4-3-10(9-21)16(22)23/h1-2,5-8,10,20H,3-4,9H2,(H,22,23). The highest BCUT2D eigenvalue weighted by molar-refractivity contribution is 7.92. The van der Waals surface area contributed by atoms with Gasteiger partial charge in [-0.1, -0.05) is 0 Å². The zero-order valence-corrected chi connectivity index (χ0v) is 14.2. The molecular formula is C16H15F2N3O4S. The molecule has 3 rings (SSSR count). The van der Waals surface area contributed by atoms with E-state index < -0.39 is 33.5 Å². The maximum atomic E-state index is 13.2. The number of benzene rings is 1. The second-order valence-corrected chi connectivity index (χ2v) is 7.57. The van der Waals surface area contributed by atoms with Crippen molar-refractivity contribution in [1.82, 2.24) is 4.98 Å². The lowest BCUT2D eigenvalue weighted by Gasteiger charge is -2.17. The number of carbonyl (C=O) groups is 1. The Kier molecular flexibility index (Phi) is 4.77. The van der Waals surface area contributed by atoms with Gasteiger partial charge in [0.2, 0.25) is 0 Å². The average molecular weight is 383 g/mol. The Labute approximate surface area is 148 Å². The summed E-state index contributed by atoms with van der Waals surface area (Å²) in [5.41, 5.74) is -0.240. The molecule has 0 saturated carbocycles. The maximum Gasteiger partial charge on any atom is 0.308 e. The van der Waals surface area contributed by atoms with Crippen LogP contribution < -0.4 is 9.62 Å². The summed E-state index contributed by atoms with van der Waals surface area (Å²) < 4.78 is 53.1. The number of carboxylic acid groups (broad SMARTS) is 1. The molecule has 1 aromatic heterocycles. The Morgan fingerprint density at radius 3 is 2.46 bits per heavy atom. The molecule has 1 saturated heterocycles. The van der Waals surface area contributed by atoms with Gasteiger partial charge >= 0.3 is 5.97 Å². The molecule has 1 atom stereocenters.